The van der Waals surface area contributed by atoms with Crippen molar-refractivity contribution in [3.8, 4) is 23.0 Å². The summed E-state index contributed by atoms with van der Waals surface area (Å²) in [4.78, 5) is 9.92. The van der Waals surface area contributed by atoms with E-state index in [2.05, 4.69) is 42.3 Å². The van der Waals surface area contributed by atoms with E-state index in [1.54, 1.807) is 12.1 Å². The quantitative estimate of drug-likeness (QED) is 0.131. The zero-order valence-corrected chi connectivity index (χ0v) is 44.3. The molecule has 4 rings (SSSR count). The van der Waals surface area contributed by atoms with Gasteiger partial charge in [0.1, 0.15) is 19.6 Å². The smallest absolute Gasteiger partial charge is 0.872 e. The predicted octanol–water partition coefficient (Wildman–Crippen LogP) is -2.91. The summed E-state index contributed by atoms with van der Waals surface area (Å²) >= 11 is 0. The van der Waals surface area contributed by atoms with Crippen molar-refractivity contribution >= 4 is 0 Å². The van der Waals surface area contributed by atoms with Crippen LogP contribution < -0.4 is 86.5 Å². The first-order valence-corrected chi connectivity index (χ1v) is 19.0. The molecule has 0 atom stereocenters. The number of quaternary nitrogens is 3. The van der Waals surface area contributed by atoms with Crippen molar-refractivity contribution in [1.82, 2.24) is 14.7 Å². The van der Waals surface area contributed by atoms with E-state index in [0.29, 0.717) is 0 Å². The molecule has 4 aromatic carbocycles. The Hall–Kier alpha value is -1.15. The molecule has 10 nitrogen and oxygen atoms in total. The predicted molar refractivity (Wildman–Crippen MR) is 219 cm³/mol. The van der Waals surface area contributed by atoms with Crippen LogP contribution in [0.1, 0.15) is 50.1 Å². The molecule has 0 heterocycles. The second-order valence-electron chi connectivity index (χ2n) is 16.4. The van der Waals surface area contributed by atoms with Crippen LogP contribution in [0.5, 0.6) is 23.0 Å². The minimum Gasteiger partial charge on any atom is -0.872 e. The van der Waals surface area contributed by atoms with Crippen molar-refractivity contribution in [1.29, 1.82) is 0 Å². The Labute approximate surface area is 422 Å². The molecule has 57 heavy (non-hydrogen) atoms. The maximum Gasteiger partial charge on any atom is 3.00 e. The van der Waals surface area contributed by atoms with Crippen molar-refractivity contribution in [3.63, 3.8) is 0 Å². The van der Waals surface area contributed by atoms with Gasteiger partial charge >= 0.3 is 93.1 Å². The number of nitrogens with zero attached hydrogens (tertiary/aromatic N) is 3. The Morgan fingerprint density at radius 2 is 0.649 bits per heavy atom. The van der Waals surface area contributed by atoms with E-state index < -0.39 is 0 Å². The normalized spacial score (nSPS) is 10.7. The van der Waals surface area contributed by atoms with E-state index in [-0.39, 0.29) is 116 Å². The average Bonchev–Trinajstić information content (AvgIpc) is 3.04. The van der Waals surface area contributed by atoms with Crippen LogP contribution in [0.15, 0.2) is 66.7 Å². The van der Waals surface area contributed by atoms with Crippen LogP contribution in [0.2, 0.25) is 0 Å². The maximum absolute atomic E-state index is 12.2. The van der Waals surface area contributed by atoms with Crippen LogP contribution >= 0.6 is 0 Å². The molecule has 0 saturated carbocycles. The Morgan fingerprint density at radius 1 is 0.421 bits per heavy atom. The van der Waals surface area contributed by atoms with Gasteiger partial charge in [0.05, 0.1) is 42.3 Å². The minimum atomic E-state index is 0. The summed E-state index contributed by atoms with van der Waals surface area (Å²) in [5, 5.41) is 46.7. The van der Waals surface area contributed by atoms with E-state index in [0.717, 1.165) is 72.6 Å². The van der Waals surface area contributed by atoms with Gasteiger partial charge in [-0.3, -0.25) is 0 Å². The number of para-hydroxylation sites is 1. The number of rotatable bonds is 12. The van der Waals surface area contributed by atoms with Gasteiger partial charge in [0, 0.05) is 19.6 Å². The fourth-order valence-electron chi connectivity index (χ4n) is 6.12. The van der Waals surface area contributed by atoms with Gasteiger partial charge in [0.15, 0.2) is 0 Å². The molecule has 0 bridgehead atoms. The first kappa shape index (κ1) is 57.9. The van der Waals surface area contributed by atoms with Gasteiger partial charge in [-0.2, -0.15) is 0 Å². The summed E-state index contributed by atoms with van der Waals surface area (Å²) in [5.41, 5.74) is 9.02. The number of aryl methyl sites for hydroxylation is 3. The molecule has 0 fully saturated rings. The topological polar surface area (TPSA) is 115 Å². The van der Waals surface area contributed by atoms with Crippen LogP contribution in [0.3, 0.4) is 0 Å². The average molecular weight is 939 g/mol. The van der Waals surface area contributed by atoms with Gasteiger partial charge in [-0.1, -0.05) is 101 Å². The molecule has 0 amide bonds. The molecule has 0 aliphatic rings. The van der Waals surface area contributed by atoms with Crippen molar-refractivity contribution in [2.45, 2.75) is 60.0 Å². The minimum absolute atomic E-state index is 0. The third-order valence-electron chi connectivity index (χ3n) is 8.00. The van der Waals surface area contributed by atoms with Gasteiger partial charge in [0.25, 0.3) is 0 Å². The number of hydrogen-bond donors (Lipinski definition) is 3. The molecule has 0 unspecified atom stereocenters. The van der Waals surface area contributed by atoms with E-state index in [4.69, 9.17) is 0 Å². The van der Waals surface area contributed by atoms with Crippen LogP contribution in [-0.2, 0) is 39.3 Å². The molecule has 0 aliphatic carbocycles. The first-order valence-electron chi connectivity index (χ1n) is 19.0. The van der Waals surface area contributed by atoms with Crippen molar-refractivity contribution in [2.24, 2.45) is 0 Å². The summed E-state index contributed by atoms with van der Waals surface area (Å²) in [6, 6.07) is 20.3. The second kappa shape index (κ2) is 30.0. The largest absolute Gasteiger partial charge is 3.00 e. The monoisotopic (exact) mass is 938 g/mol. The first-order chi connectivity index (χ1) is 25.6. The second-order valence-corrected chi connectivity index (χ2v) is 16.4. The zero-order chi connectivity index (χ0) is 42.0. The molecule has 0 aromatic heterocycles. The fourth-order valence-corrected chi connectivity index (χ4v) is 6.12. The molecular formula is C45H71CeKN6O4+3. The van der Waals surface area contributed by atoms with Crippen molar-refractivity contribution in [3.05, 3.63) is 117 Å². The molecular weight excluding hydrogens is 868 g/mol. The van der Waals surface area contributed by atoms with E-state index in [9.17, 15) is 20.4 Å². The molecule has 3 N–H and O–H groups in total. The number of nitrogens with one attached hydrogen (secondary N) is 3. The van der Waals surface area contributed by atoms with Gasteiger partial charge in [-0.15, -0.1) is 5.75 Å². The SMILES string of the molecule is Cc1cc(CN(C)C)c([O-])c(C[NH+](C)C)c1.Cc1cc(CN(C)C)c([O-])c(C[NH+](C)C)c1.Cc1cc(CN(C)C)c([O-])c(C[NH+](C)C)c1.[Ce+3].[K+].[O-]c1ccccc1. The summed E-state index contributed by atoms with van der Waals surface area (Å²) in [7, 11) is 24.3. The van der Waals surface area contributed by atoms with E-state index >= 15 is 0 Å². The zero-order valence-electron chi connectivity index (χ0n) is 38.1. The summed E-state index contributed by atoms with van der Waals surface area (Å²) < 4.78 is 0. The molecule has 0 spiro atoms. The van der Waals surface area contributed by atoms with Gasteiger partial charge < -0.3 is 49.8 Å². The summed E-state index contributed by atoms with van der Waals surface area (Å²) in [6.07, 6.45) is 0. The molecule has 0 aliphatic heterocycles. The van der Waals surface area contributed by atoms with Gasteiger partial charge in [-0.25, -0.2) is 0 Å². The van der Waals surface area contributed by atoms with Crippen LogP contribution in [-0.4, -0.2) is 99.3 Å². The molecule has 4 aromatic rings. The summed E-state index contributed by atoms with van der Waals surface area (Å²) in [5.74, 6) is 0.698. The van der Waals surface area contributed by atoms with Crippen LogP contribution in [0.4, 0.5) is 0 Å². The molecule has 12 heteroatoms. The molecule has 0 saturated heterocycles. The third kappa shape index (κ3) is 24.6. The van der Waals surface area contributed by atoms with Crippen LogP contribution in [0, 0.1) is 62.5 Å². The standard InChI is InChI=1S/3C13H22N2O.C6H6O.Ce.K/c3*1-10-6-11(8-14(2)3)13(16)12(7-10)9-15(4)5;7-6-4-2-1-3-5-6;;/h3*6-7,16H,8-9H2,1-5H3;1-5,7H;;/q;;;;+3;+1/p-1. The third-order valence-corrected chi connectivity index (χ3v) is 8.00. The van der Waals surface area contributed by atoms with Crippen molar-refractivity contribution < 1.29 is 128 Å². The van der Waals surface area contributed by atoms with E-state index in [1.807, 2.05) is 120 Å². The van der Waals surface area contributed by atoms with Crippen molar-refractivity contribution in [2.75, 3.05) is 84.6 Å². The van der Waals surface area contributed by atoms with Crippen LogP contribution in [0.25, 0.3) is 0 Å². The number of hydrogen-bond acceptors (Lipinski definition) is 7. The Kier molecular flexibility index (Phi) is 30.5. The molecule has 307 valence electrons. The van der Waals surface area contributed by atoms with E-state index in [1.165, 1.54) is 43.5 Å². The number of benzene rings is 4. The molecule has 1 radical (unpaired) electrons. The Bertz CT molecular complexity index is 1460. The summed E-state index contributed by atoms with van der Waals surface area (Å²) in [6.45, 7) is 10.7. The maximum atomic E-state index is 12.2. The van der Waals surface area contributed by atoms with Gasteiger partial charge in [-0.05, 0) is 96.4 Å². The van der Waals surface area contributed by atoms with Gasteiger partial charge in [0.2, 0.25) is 0 Å². The Balaban J connectivity index is 0. The fraction of sp³-hybridized carbons (Fsp3) is 0.467. The Morgan fingerprint density at radius 3 is 0.825 bits per heavy atom.